The number of hydrogen-bond donors (Lipinski definition) is 0. The highest BCUT2D eigenvalue weighted by Crippen LogP contribution is 2.18. The number of rotatable bonds is 4. The van der Waals surface area contributed by atoms with Crippen molar-refractivity contribution in [2.45, 2.75) is 44.0 Å². The average molecular weight is 207 g/mol. The van der Waals surface area contributed by atoms with Crippen LogP contribution >= 0.6 is 11.6 Å². The minimum absolute atomic E-state index is 0.608. The van der Waals surface area contributed by atoms with Crippen molar-refractivity contribution in [1.29, 1.82) is 0 Å². The van der Waals surface area contributed by atoms with Crippen LogP contribution in [0.25, 0.3) is 0 Å². The Balaban J connectivity index is 2.15. The van der Waals surface area contributed by atoms with Gasteiger partial charge >= 0.3 is 0 Å². The van der Waals surface area contributed by atoms with E-state index in [-0.39, 0.29) is 0 Å². The molecule has 1 heterocycles. The lowest BCUT2D eigenvalue weighted by Crippen LogP contribution is -2.33. The topological polar surface area (TPSA) is 9.23 Å². The van der Waals surface area contributed by atoms with Gasteiger partial charge in [0.1, 0.15) is 0 Å². The van der Waals surface area contributed by atoms with Crippen LogP contribution in [0.15, 0.2) is 0 Å². The van der Waals surface area contributed by atoms with E-state index in [2.05, 4.69) is 6.55 Å². The Kier molecular flexibility index (Phi) is 5.28. The van der Waals surface area contributed by atoms with Gasteiger partial charge < -0.3 is 4.74 Å². The predicted molar refractivity (Wildman–Crippen MR) is 56.7 cm³/mol. The molecule has 1 rings (SSSR count). The van der Waals surface area contributed by atoms with Crippen LogP contribution in [0.1, 0.15) is 25.7 Å². The Hall–Kier alpha value is 0.467. The third-order valence-electron chi connectivity index (χ3n) is 2.64. The molecule has 0 spiro atoms. The third-order valence-corrected chi connectivity index (χ3v) is 6.02. The van der Waals surface area contributed by atoms with E-state index in [1.165, 1.54) is 31.7 Å². The van der Waals surface area contributed by atoms with Crippen LogP contribution in [-0.2, 0) is 4.74 Å². The molecule has 0 aromatic carbocycles. The van der Waals surface area contributed by atoms with E-state index >= 15 is 0 Å². The first kappa shape index (κ1) is 10.5. The van der Waals surface area contributed by atoms with Gasteiger partial charge in [-0.25, -0.2) is 0 Å². The minimum atomic E-state index is -0.608. The van der Waals surface area contributed by atoms with Gasteiger partial charge in [-0.05, 0) is 25.7 Å². The first-order chi connectivity index (χ1) is 5.84. The van der Waals surface area contributed by atoms with Crippen LogP contribution in [-0.4, -0.2) is 27.0 Å². The van der Waals surface area contributed by atoms with Gasteiger partial charge in [-0.2, -0.15) is 0 Å². The summed E-state index contributed by atoms with van der Waals surface area (Å²) in [5.41, 5.74) is 0.655. The van der Waals surface area contributed by atoms with Crippen molar-refractivity contribution >= 4 is 20.4 Å². The van der Waals surface area contributed by atoms with E-state index < -0.39 is 8.80 Å². The lowest BCUT2D eigenvalue weighted by Gasteiger charge is -2.27. The SMILES string of the molecule is C[SiH](CCCCl)C1CCCCO1. The molecule has 1 nitrogen and oxygen atoms in total. The van der Waals surface area contributed by atoms with Gasteiger partial charge in [-0.3, -0.25) is 0 Å². The molecule has 3 heteroatoms. The second-order valence-corrected chi connectivity index (χ2v) is 7.37. The molecule has 0 aromatic heterocycles. The quantitative estimate of drug-likeness (QED) is 0.508. The molecule has 1 fully saturated rings. The monoisotopic (exact) mass is 206 g/mol. The molecule has 1 aliphatic rings. The van der Waals surface area contributed by atoms with Crippen molar-refractivity contribution in [3.8, 4) is 0 Å². The normalized spacial score (nSPS) is 27.0. The Morgan fingerprint density at radius 2 is 2.33 bits per heavy atom. The summed E-state index contributed by atoms with van der Waals surface area (Å²) in [5.74, 6) is 0.823. The van der Waals surface area contributed by atoms with Crippen LogP contribution < -0.4 is 0 Å². The molecular formula is C9H19ClOSi. The highest BCUT2D eigenvalue weighted by molar-refractivity contribution is 6.58. The number of ether oxygens (including phenoxy) is 1. The zero-order valence-electron chi connectivity index (χ0n) is 7.89. The molecule has 2 atom stereocenters. The second kappa shape index (κ2) is 6.00. The smallest absolute Gasteiger partial charge is 0.0687 e. The molecule has 0 bridgehead atoms. The molecule has 0 radical (unpaired) electrons. The number of hydrogen-bond acceptors (Lipinski definition) is 1. The van der Waals surface area contributed by atoms with Crippen LogP contribution in [0.3, 0.4) is 0 Å². The van der Waals surface area contributed by atoms with E-state index in [4.69, 9.17) is 16.3 Å². The lowest BCUT2D eigenvalue weighted by atomic mass is 10.2. The third kappa shape index (κ3) is 3.46. The van der Waals surface area contributed by atoms with Gasteiger partial charge in [0.15, 0.2) is 0 Å². The Bertz CT molecular complexity index is 115. The number of alkyl halides is 1. The van der Waals surface area contributed by atoms with E-state index in [1.807, 2.05) is 0 Å². The van der Waals surface area contributed by atoms with Crippen LogP contribution in [0.2, 0.25) is 12.6 Å². The minimum Gasteiger partial charge on any atom is -0.382 e. The zero-order valence-corrected chi connectivity index (χ0v) is 9.80. The van der Waals surface area contributed by atoms with Gasteiger partial charge in [-0.1, -0.05) is 12.6 Å². The summed E-state index contributed by atoms with van der Waals surface area (Å²) in [7, 11) is -0.608. The van der Waals surface area contributed by atoms with Crippen molar-refractivity contribution in [2.75, 3.05) is 12.5 Å². The molecule has 1 saturated heterocycles. The van der Waals surface area contributed by atoms with Gasteiger partial charge in [0.25, 0.3) is 0 Å². The highest BCUT2D eigenvalue weighted by atomic mass is 35.5. The number of halogens is 1. The van der Waals surface area contributed by atoms with Crippen LogP contribution in [0.5, 0.6) is 0 Å². The Labute approximate surface area is 82.0 Å². The maximum Gasteiger partial charge on any atom is 0.0687 e. The van der Waals surface area contributed by atoms with Crippen LogP contribution in [0.4, 0.5) is 0 Å². The molecular weight excluding hydrogens is 188 g/mol. The summed E-state index contributed by atoms with van der Waals surface area (Å²) < 4.78 is 5.76. The fourth-order valence-electron chi connectivity index (χ4n) is 1.80. The van der Waals surface area contributed by atoms with Gasteiger partial charge in [0.05, 0.1) is 8.80 Å². The Morgan fingerprint density at radius 3 is 2.92 bits per heavy atom. The van der Waals surface area contributed by atoms with Gasteiger partial charge in [0, 0.05) is 18.2 Å². The van der Waals surface area contributed by atoms with E-state index in [1.54, 1.807) is 0 Å². The summed E-state index contributed by atoms with van der Waals surface area (Å²) in [6.45, 7) is 3.42. The summed E-state index contributed by atoms with van der Waals surface area (Å²) in [4.78, 5) is 0. The van der Waals surface area contributed by atoms with E-state index in [0.717, 1.165) is 12.5 Å². The lowest BCUT2D eigenvalue weighted by molar-refractivity contribution is 0.0626. The second-order valence-electron chi connectivity index (χ2n) is 3.71. The van der Waals surface area contributed by atoms with Gasteiger partial charge in [0.2, 0.25) is 0 Å². The largest absolute Gasteiger partial charge is 0.382 e. The molecule has 0 aromatic rings. The van der Waals surface area contributed by atoms with Crippen LogP contribution in [0, 0.1) is 0 Å². The fraction of sp³-hybridized carbons (Fsp3) is 1.00. The zero-order chi connectivity index (χ0) is 8.81. The van der Waals surface area contributed by atoms with E-state index in [0.29, 0.717) is 5.73 Å². The summed E-state index contributed by atoms with van der Waals surface area (Å²) in [6, 6.07) is 1.36. The van der Waals surface area contributed by atoms with Crippen molar-refractivity contribution in [3.63, 3.8) is 0 Å². The molecule has 1 aliphatic heterocycles. The van der Waals surface area contributed by atoms with Crippen molar-refractivity contribution in [2.24, 2.45) is 0 Å². The molecule has 0 amide bonds. The van der Waals surface area contributed by atoms with Crippen molar-refractivity contribution < 1.29 is 4.74 Å². The Morgan fingerprint density at radius 1 is 1.50 bits per heavy atom. The summed E-state index contributed by atoms with van der Waals surface area (Å²) in [6.07, 6.45) is 5.15. The van der Waals surface area contributed by atoms with Gasteiger partial charge in [-0.15, -0.1) is 11.6 Å². The predicted octanol–water partition coefficient (Wildman–Crippen LogP) is 2.58. The molecule has 12 heavy (non-hydrogen) atoms. The first-order valence-corrected chi connectivity index (χ1v) is 8.19. The summed E-state index contributed by atoms with van der Waals surface area (Å²) in [5, 5.41) is 0. The maximum absolute atomic E-state index is 5.76. The molecule has 72 valence electrons. The van der Waals surface area contributed by atoms with Crippen molar-refractivity contribution in [1.82, 2.24) is 0 Å². The molecule has 0 N–H and O–H groups in total. The van der Waals surface area contributed by atoms with E-state index in [9.17, 15) is 0 Å². The maximum atomic E-state index is 5.76. The molecule has 2 unspecified atom stereocenters. The molecule has 0 saturated carbocycles. The fourth-order valence-corrected chi connectivity index (χ4v) is 4.70. The summed E-state index contributed by atoms with van der Waals surface area (Å²) >= 11 is 5.67. The van der Waals surface area contributed by atoms with Crippen molar-refractivity contribution in [3.05, 3.63) is 0 Å². The first-order valence-electron chi connectivity index (χ1n) is 5.02. The standard InChI is InChI=1S/C9H19ClOSi/c1-12(8-4-6-10)9-5-2-3-7-11-9/h9,12H,2-8H2,1H3. The molecule has 0 aliphatic carbocycles. The highest BCUT2D eigenvalue weighted by Gasteiger charge is 2.21. The average Bonchev–Trinajstić information content (AvgIpc) is 2.15.